The van der Waals surface area contributed by atoms with Crippen LogP contribution in [0.2, 0.25) is 0 Å². The number of aliphatic hydroxyl groups excluding tert-OH is 1. The van der Waals surface area contributed by atoms with E-state index in [-0.39, 0.29) is 12.2 Å². The van der Waals surface area contributed by atoms with E-state index >= 15 is 0 Å². The maximum atomic E-state index is 9.30. The minimum absolute atomic E-state index is 0.0376. The van der Waals surface area contributed by atoms with Crippen LogP contribution in [0.15, 0.2) is 4.52 Å². The lowest BCUT2D eigenvalue weighted by Gasteiger charge is -2.27. The standard InChI is InChI=1S/C15H26N2O3/c1-3-19-14(12-7-5-4-6-8-12)15-16-13(20-17-15)10-9-11(2)18/h11-12,14,18H,3-10H2,1-2H3. The Balaban J connectivity index is 2.00. The third kappa shape index (κ3) is 4.28. The van der Waals surface area contributed by atoms with E-state index < -0.39 is 0 Å². The van der Waals surface area contributed by atoms with Crippen molar-refractivity contribution in [3.8, 4) is 0 Å². The second kappa shape index (κ2) is 7.74. The Labute approximate surface area is 120 Å². The van der Waals surface area contributed by atoms with Crippen molar-refractivity contribution in [2.24, 2.45) is 5.92 Å². The van der Waals surface area contributed by atoms with Gasteiger partial charge < -0.3 is 14.4 Å². The molecule has 1 saturated carbocycles. The fourth-order valence-corrected chi connectivity index (χ4v) is 2.86. The number of rotatable bonds is 7. The molecule has 5 heteroatoms. The summed E-state index contributed by atoms with van der Waals surface area (Å²) in [5.41, 5.74) is 0. The van der Waals surface area contributed by atoms with E-state index in [2.05, 4.69) is 10.1 Å². The molecule has 20 heavy (non-hydrogen) atoms. The van der Waals surface area contributed by atoms with E-state index in [1.54, 1.807) is 6.92 Å². The molecule has 0 aromatic carbocycles. The molecule has 0 radical (unpaired) electrons. The average molecular weight is 282 g/mol. The van der Waals surface area contributed by atoms with E-state index in [9.17, 15) is 5.11 Å². The van der Waals surface area contributed by atoms with Crippen LogP contribution < -0.4 is 0 Å². The summed E-state index contributed by atoms with van der Waals surface area (Å²) >= 11 is 0. The molecule has 1 aromatic rings. The summed E-state index contributed by atoms with van der Waals surface area (Å²) in [6.45, 7) is 4.44. The van der Waals surface area contributed by atoms with Crippen LogP contribution >= 0.6 is 0 Å². The van der Waals surface area contributed by atoms with Gasteiger partial charge in [0.05, 0.1) is 6.10 Å². The summed E-state index contributed by atoms with van der Waals surface area (Å²) in [5, 5.41) is 13.4. The first kappa shape index (κ1) is 15.4. The highest BCUT2D eigenvalue weighted by molar-refractivity contribution is 4.95. The number of aromatic nitrogens is 2. The van der Waals surface area contributed by atoms with Gasteiger partial charge in [-0.3, -0.25) is 0 Å². The van der Waals surface area contributed by atoms with Gasteiger partial charge in [0.25, 0.3) is 0 Å². The molecule has 0 spiro atoms. The number of aryl methyl sites for hydroxylation is 1. The van der Waals surface area contributed by atoms with Crippen LogP contribution in [-0.4, -0.2) is 28.0 Å². The molecule has 5 nitrogen and oxygen atoms in total. The maximum absolute atomic E-state index is 9.30. The van der Waals surface area contributed by atoms with E-state index in [1.165, 1.54) is 32.1 Å². The molecule has 1 aliphatic rings. The molecule has 0 aliphatic heterocycles. The fraction of sp³-hybridized carbons (Fsp3) is 0.867. The zero-order valence-electron chi connectivity index (χ0n) is 12.5. The van der Waals surface area contributed by atoms with Crippen LogP contribution in [0.5, 0.6) is 0 Å². The third-order valence-electron chi connectivity index (χ3n) is 3.94. The van der Waals surface area contributed by atoms with E-state index in [0.717, 1.165) is 0 Å². The lowest BCUT2D eigenvalue weighted by Crippen LogP contribution is -2.20. The molecule has 1 heterocycles. The second-order valence-electron chi connectivity index (χ2n) is 5.71. The van der Waals surface area contributed by atoms with Crippen molar-refractivity contribution in [1.82, 2.24) is 10.1 Å². The second-order valence-corrected chi connectivity index (χ2v) is 5.71. The smallest absolute Gasteiger partial charge is 0.226 e. The molecule has 1 fully saturated rings. The summed E-state index contributed by atoms with van der Waals surface area (Å²) in [4.78, 5) is 4.46. The monoisotopic (exact) mass is 282 g/mol. The zero-order valence-corrected chi connectivity index (χ0v) is 12.5. The van der Waals surface area contributed by atoms with Gasteiger partial charge in [0.2, 0.25) is 11.7 Å². The molecular formula is C15H26N2O3. The van der Waals surface area contributed by atoms with Crippen molar-refractivity contribution in [3.63, 3.8) is 0 Å². The fourth-order valence-electron chi connectivity index (χ4n) is 2.86. The van der Waals surface area contributed by atoms with Crippen LogP contribution in [-0.2, 0) is 11.2 Å². The highest BCUT2D eigenvalue weighted by Crippen LogP contribution is 2.35. The van der Waals surface area contributed by atoms with Crippen molar-refractivity contribution in [2.75, 3.05) is 6.61 Å². The summed E-state index contributed by atoms with van der Waals surface area (Å²) in [6.07, 6.45) is 7.10. The molecule has 2 unspecified atom stereocenters. The molecule has 0 amide bonds. The van der Waals surface area contributed by atoms with Gasteiger partial charge in [0.15, 0.2) is 0 Å². The van der Waals surface area contributed by atoms with Crippen LogP contribution in [0, 0.1) is 5.92 Å². The molecular weight excluding hydrogens is 256 g/mol. The lowest BCUT2D eigenvalue weighted by atomic mass is 9.85. The summed E-state index contributed by atoms with van der Waals surface area (Å²) < 4.78 is 11.2. The Bertz CT molecular complexity index is 386. The topological polar surface area (TPSA) is 68.4 Å². The number of hydrogen-bond donors (Lipinski definition) is 1. The minimum Gasteiger partial charge on any atom is -0.393 e. The van der Waals surface area contributed by atoms with Crippen molar-refractivity contribution in [1.29, 1.82) is 0 Å². The molecule has 2 atom stereocenters. The number of aliphatic hydroxyl groups is 1. The first-order valence-electron chi connectivity index (χ1n) is 7.82. The number of nitrogens with zero attached hydrogens (tertiary/aromatic N) is 2. The first-order valence-corrected chi connectivity index (χ1v) is 7.82. The van der Waals surface area contributed by atoms with Crippen molar-refractivity contribution >= 4 is 0 Å². The quantitative estimate of drug-likeness (QED) is 0.832. The van der Waals surface area contributed by atoms with Crippen LogP contribution in [0.4, 0.5) is 0 Å². The molecule has 114 valence electrons. The lowest BCUT2D eigenvalue weighted by molar-refractivity contribution is -0.00145. The highest BCUT2D eigenvalue weighted by Gasteiger charge is 2.29. The van der Waals surface area contributed by atoms with E-state index in [4.69, 9.17) is 9.26 Å². The predicted molar refractivity (Wildman–Crippen MR) is 75.2 cm³/mol. The molecule has 0 bridgehead atoms. The van der Waals surface area contributed by atoms with Crippen molar-refractivity contribution in [3.05, 3.63) is 11.7 Å². The molecule has 0 saturated heterocycles. The minimum atomic E-state index is -0.341. The summed E-state index contributed by atoms with van der Waals surface area (Å²) in [6, 6.07) is 0. The number of ether oxygens (including phenoxy) is 1. The SMILES string of the molecule is CCOC(c1noc(CCC(C)O)n1)C1CCCCC1. The third-order valence-corrected chi connectivity index (χ3v) is 3.94. The van der Waals surface area contributed by atoms with Gasteiger partial charge in [-0.25, -0.2) is 0 Å². The first-order chi connectivity index (χ1) is 9.70. The molecule has 1 aliphatic carbocycles. The van der Waals surface area contributed by atoms with Gasteiger partial charge in [-0.1, -0.05) is 24.4 Å². The maximum Gasteiger partial charge on any atom is 0.226 e. The van der Waals surface area contributed by atoms with Crippen LogP contribution in [0.25, 0.3) is 0 Å². The largest absolute Gasteiger partial charge is 0.393 e. The van der Waals surface area contributed by atoms with Gasteiger partial charge in [-0.05, 0) is 39.0 Å². The van der Waals surface area contributed by atoms with Gasteiger partial charge in [0.1, 0.15) is 6.10 Å². The number of hydrogen-bond acceptors (Lipinski definition) is 5. The Kier molecular flexibility index (Phi) is 5.98. The van der Waals surface area contributed by atoms with Gasteiger partial charge in [0, 0.05) is 13.0 Å². The Hall–Kier alpha value is -0.940. The normalized spacial score (nSPS) is 19.9. The van der Waals surface area contributed by atoms with Crippen molar-refractivity contribution in [2.45, 2.75) is 71.0 Å². The predicted octanol–water partition coefficient (Wildman–Crippen LogP) is 3.04. The van der Waals surface area contributed by atoms with Crippen molar-refractivity contribution < 1.29 is 14.4 Å². The highest BCUT2D eigenvalue weighted by atomic mass is 16.5. The Morgan fingerprint density at radius 2 is 2.10 bits per heavy atom. The van der Waals surface area contributed by atoms with Gasteiger partial charge >= 0.3 is 0 Å². The zero-order chi connectivity index (χ0) is 14.4. The average Bonchev–Trinajstić information content (AvgIpc) is 2.92. The van der Waals surface area contributed by atoms with E-state index in [1.807, 2.05) is 6.92 Å². The Morgan fingerprint density at radius 3 is 2.75 bits per heavy atom. The van der Waals surface area contributed by atoms with Gasteiger partial charge in [-0.15, -0.1) is 0 Å². The van der Waals surface area contributed by atoms with Gasteiger partial charge in [-0.2, -0.15) is 4.98 Å². The molecule has 2 rings (SSSR count). The summed E-state index contributed by atoms with van der Waals surface area (Å²) in [5.74, 6) is 1.78. The Morgan fingerprint density at radius 1 is 1.35 bits per heavy atom. The van der Waals surface area contributed by atoms with Crippen LogP contribution in [0.3, 0.4) is 0 Å². The molecule has 1 N–H and O–H groups in total. The summed E-state index contributed by atoms with van der Waals surface area (Å²) in [7, 11) is 0. The van der Waals surface area contributed by atoms with Crippen LogP contribution in [0.1, 0.15) is 70.2 Å². The van der Waals surface area contributed by atoms with E-state index in [0.29, 0.717) is 37.1 Å². The molecule has 1 aromatic heterocycles.